The van der Waals surface area contributed by atoms with Crippen LogP contribution < -0.4 is 10.1 Å². The van der Waals surface area contributed by atoms with Gasteiger partial charge in [0.15, 0.2) is 0 Å². The van der Waals surface area contributed by atoms with Crippen LogP contribution in [0, 0.1) is 5.92 Å². The molecular weight excluding hydrogens is 618 g/mol. The smallest absolute Gasteiger partial charge is 0.410 e. The van der Waals surface area contributed by atoms with Gasteiger partial charge in [0.2, 0.25) is 0 Å². The number of amides is 3. The van der Waals surface area contributed by atoms with Crippen molar-refractivity contribution in [1.82, 2.24) is 15.1 Å². The molecule has 41 heavy (non-hydrogen) atoms. The Hall–Kier alpha value is -3.02. The van der Waals surface area contributed by atoms with E-state index in [-0.39, 0.29) is 25.0 Å². The molecule has 2 aromatic rings. The zero-order valence-electron chi connectivity index (χ0n) is 23.7. The molecule has 0 unspecified atom stereocenters. The van der Waals surface area contributed by atoms with Crippen molar-refractivity contribution in [1.29, 1.82) is 0 Å². The quantitative estimate of drug-likeness (QED) is 0.278. The third kappa shape index (κ3) is 10.4. The van der Waals surface area contributed by atoms with Gasteiger partial charge in [-0.3, -0.25) is 4.79 Å². The van der Waals surface area contributed by atoms with Crippen molar-refractivity contribution in [3.8, 4) is 5.75 Å². The summed E-state index contributed by atoms with van der Waals surface area (Å²) in [4.78, 5) is 40.3. The lowest BCUT2D eigenvalue weighted by atomic mass is 10.00. The number of methoxy groups -OCH3 is 1. The van der Waals surface area contributed by atoms with Gasteiger partial charge in [-0.2, -0.15) is 0 Å². The summed E-state index contributed by atoms with van der Waals surface area (Å²) >= 11 is 9.56. The van der Waals surface area contributed by atoms with Crippen LogP contribution in [0.25, 0.3) is 0 Å². The average molecular weight is 655 g/mol. The van der Waals surface area contributed by atoms with Crippen molar-refractivity contribution in [2.45, 2.75) is 45.9 Å². The molecule has 1 heterocycles. The van der Waals surface area contributed by atoms with E-state index in [1.165, 1.54) is 4.90 Å². The van der Waals surface area contributed by atoms with Crippen LogP contribution in [0.5, 0.6) is 5.75 Å². The molecule has 1 saturated heterocycles. The Morgan fingerprint density at radius 3 is 2.54 bits per heavy atom. The molecule has 0 bridgehead atoms. The minimum Gasteiger partial charge on any atom is -0.489 e. The van der Waals surface area contributed by atoms with E-state index in [1.54, 1.807) is 63.1 Å². The van der Waals surface area contributed by atoms with Crippen LogP contribution in [0.1, 0.15) is 48.7 Å². The third-order valence-corrected chi connectivity index (χ3v) is 7.15. The molecule has 12 heteroatoms. The topological polar surface area (TPSA) is 118 Å². The van der Waals surface area contributed by atoms with Gasteiger partial charge in [-0.1, -0.05) is 33.6 Å². The molecule has 0 radical (unpaired) electrons. The highest BCUT2D eigenvalue weighted by molar-refractivity contribution is 9.10. The van der Waals surface area contributed by atoms with Crippen LogP contribution in [0.2, 0.25) is 5.02 Å². The number of carbonyl (C=O) groups is 3. The van der Waals surface area contributed by atoms with Gasteiger partial charge in [-0.05, 0) is 63.1 Å². The molecule has 224 valence electrons. The number of carboxylic acid groups (broad SMARTS) is 1. The minimum atomic E-state index is -0.983. The van der Waals surface area contributed by atoms with Crippen molar-refractivity contribution >= 4 is 45.6 Å². The number of benzene rings is 2. The Labute approximate surface area is 254 Å². The Morgan fingerprint density at radius 1 is 1.17 bits per heavy atom. The van der Waals surface area contributed by atoms with E-state index < -0.39 is 17.8 Å². The normalized spacial score (nSPS) is 13.4. The molecule has 1 aliphatic heterocycles. The first-order valence-corrected chi connectivity index (χ1v) is 14.5. The fourth-order valence-corrected chi connectivity index (χ4v) is 4.99. The number of likely N-dealkylation sites (tertiary alicyclic amines) is 1. The maximum absolute atomic E-state index is 13.2. The number of hydrogen-bond donors (Lipinski definition) is 2. The molecule has 0 saturated carbocycles. The van der Waals surface area contributed by atoms with E-state index in [0.29, 0.717) is 61.1 Å². The first-order valence-electron chi connectivity index (χ1n) is 13.3. The van der Waals surface area contributed by atoms with Crippen LogP contribution in [-0.2, 0) is 22.6 Å². The van der Waals surface area contributed by atoms with Gasteiger partial charge >= 0.3 is 12.2 Å². The van der Waals surface area contributed by atoms with E-state index in [2.05, 4.69) is 21.2 Å². The van der Waals surface area contributed by atoms with Crippen LogP contribution in [0.3, 0.4) is 0 Å². The van der Waals surface area contributed by atoms with Gasteiger partial charge < -0.3 is 34.4 Å². The van der Waals surface area contributed by atoms with E-state index >= 15 is 0 Å². The van der Waals surface area contributed by atoms with Gasteiger partial charge in [0, 0.05) is 73.0 Å². The Kier molecular flexibility index (Phi) is 11.7. The molecule has 3 amide bonds. The first kappa shape index (κ1) is 32.5. The summed E-state index contributed by atoms with van der Waals surface area (Å²) in [6.45, 7) is 7.66. The highest BCUT2D eigenvalue weighted by Crippen LogP contribution is 2.26. The van der Waals surface area contributed by atoms with Gasteiger partial charge in [0.25, 0.3) is 5.91 Å². The molecule has 10 nitrogen and oxygen atoms in total. The predicted octanol–water partition coefficient (Wildman–Crippen LogP) is 5.79. The number of carbonyl (C=O) groups excluding carboxylic acids is 2. The van der Waals surface area contributed by atoms with Crippen LogP contribution in [0.15, 0.2) is 40.9 Å². The molecular formula is C29H37BrClN3O7. The Morgan fingerprint density at radius 2 is 1.90 bits per heavy atom. The summed E-state index contributed by atoms with van der Waals surface area (Å²) < 4.78 is 17.6. The molecule has 0 aliphatic carbocycles. The first-order chi connectivity index (χ1) is 19.3. The summed E-state index contributed by atoms with van der Waals surface area (Å²) in [5, 5.41) is 12.7. The summed E-state index contributed by atoms with van der Waals surface area (Å²) in [6.07, 6.45) is -0.839. The van der Waals surface area contributed by atoms with Gasteiger partial charge in [-0.15, -0.1) is 0 Å². The fourth-order valence-electron chi connectivity index (χ4n) is 4.19. The number of ether oxygens (including phenoxy) is 3. The number of halogens is 2. The van der Waals surface area contributed by atoms with E-state index in [0.717, 1.165) is 10.0 Å². The summed E-state index contributed by atoms with van der Waals surface area (Å²) in [5.74, 6) is 0.153. The second-order valence-corrected chi connectivity index (χ2v) is 12.2. The molecule has 2 N–H and O–H groups in total. The largest absolute Gasteiger partial charge is 0.489 e. The highest BCUT2D eigenvalue weighted by atomic mass is 79.9. The van der Waals surface area contributed by atoms with Gasteiger partial charge in [-0.25, -0.2) is 9.59 Å². The Balaban J connectivity index is 1.84. The second kappa shape index (κ2) is 14.7. The highest BCUT2D eigenvalue weighted by Gasteiger charge is 2.34. The monoisotopic (exact) mass is 653 g/mol. The standard InChI is InChI=1S/C29H37BrClN3O7/c1-29(2,3)41-28(38)34(17-20-15-33(16-20)27(36)37)14-19-10-22(26(35)32-8-5-9-39-4)12-24(11-19)40-18-21-6-7-23(31)13-25(21)30/h6-7,10-13,20H,5,8-9,14-18H2,1-4H3,(H,32,35)(H,36,37). The second-order valence-electron chi connectivity index (χ2n) is 10.9. The van der Waals surface area contributed by atoms with E-state index in [4.69, 9.17) is 25.8 Å². The molecule has 3 rings (SSSR count). The Bertz CT molecular complexity index is 1230. The van der Waals surface area contributed by atoms with E-state index in [1.807, 2.05) is 6.07 Å². The van der Waals surface area contributed by atoms with Crippen molar-refractivity contribution in [2.24, 2.45) is 5.92 Å². The molecule has 0 aromatic heterocycles. The number of nitrogens with zero attached hydrogens (tertiary/aromatic N) is 2. The fraction of sp³-hybridized carbons (Fsp3) is 0.483. The van der Waals surface area contributed by atoms with Crippen molar-refractivity contribution < 1.29 is 33.7 Å². The summed E-state index contributed by atoms with van der Waals surface area (Å²) in [5.41, 5.74) is 1.20. The third-order valence-electron chi connectivity index (χ3n) is 6.18. The van der Waals surface area contributed by atoms with Gasteiger partial charge in [0.05, 0.1) is 0 Å². The number of hydrogen-bond acceptors (Lipinski definition) is 6. The van der Waals surface area contributed by atoms with Crippen LogP contribution in [0.4, 0.5) is 9.59 Å². The SMILES string of the molecule is COCCCNC(=O)c1cc(CN(CC2CN(C(=O)O)C2)C(=O)OC(C)(C)C)cc(OCc2ccc(Cl)cc2Br)c1. The van der Waals surface area contributed by atoms with Crippen molar-refractivity contribution in [2.75, 3.05) is 39.9 Å². The maximum Gasteiger partial charge on any atom is 0.410 e. The lowest BCUT2D eigenvalue weighted by Crippen LogP contribution is -2.54. The maximum atomic E-state index is 13.2. The number of nitrogens with one attached hydrogen (secondary N) is 1. The zero-order chi connectivity index (χ0) is 30.2. The lowest BCUT2D eigenvalue weighted by molar-refractivity contribution is 0.0101. The minimum absolute atomic E-state index is 0.0242. The van der Waals surface area contributed by atoms with Crippen LogP contribution >= 0.6 is 27.5 Å². The average Bonchev–Trinajstić information content (AvgIpc) is 2.85. The van der Waals surface area contributed by atoms with Crippen molar-refractivity contribution in [3.63, 3.8) is 0 Å². The molecule has 0 atom stereocenters. The van der Waals surface area contributed by atoms with Crippen LogP contribution in [-0.4, -0.2) is 78.5 Å². The molecule has 2 aromatic carbocycles. The van der Waals surface area contributed by atoms with Gasteiger partial charge in [0.1, 0.15) is 18.0 Å². The number of rotatable bonds is 12. The molecule has 0 spiro atoms. The zero-order valence-corrected chi connectivity index (χ0v) is 26.1. The summed E-state index contributed by atoms with van der Waals surface area (Å²) in [6, 6.07) is 10.6. The lowest BCUT2D eigenvalue weighted by Gasteiger charge is -2.40. The molecule has 1 aliphatic rings. The predicted molar refractivity (Wildman–Crippen MR) is 158 cm³/mol. The van der Waals surface area contributed by atoms with E-state index in [9.17, 15) is 19.5 Å². The van der Waals surface area contributed by atoms with Crippen molar-refractivity contribution in [3.05, 3.63) is 62.6 Å². The molecule has 1 fully saturated rings. The summed E-state index contributed by atoms with van der Waals surface area (Å²) in [7, 11) is 1.60.